The van der Waals surface area contributed by atoms with Gasteiger partial charge in [0.25, 0.3) is 0 Å². The Balaban J connectivity index is 2.31. The van der Waals surface area contributed by atoms with Gasteiger partial charge in [-0.25, -0.2) is 0 Å². The van der Waals surface area contributed by atoms with Crippen LogP contribution in [0.2, 0.25) is 19.1 Å². The van der Waals surface area contributed by atoms with Gasteiger partial charge < -0.3 is 4.74 Å². The Hall–Kier alpha value is 0.177. The monoisotopic (exact) mass is 158 g/mol. The standard InChI is InChI=1S/C8H18OSi/c1-4-8-5-6-10(2,3)7-9-8/h8H,4-7H2,1-3H3. The summed E-state index contributed by atoms with van der Waals surface area (Å²) in [4.78, 5) is 0. The summed E-state index contributed by atoms with van der Waals surface area (Å²) in [5.74, 6) is 0. The lowest BCUT2D eigenvalue weighted by Gasteiger charge is -2.32. The van der Waals surface area contributed by atoms with Crippen LogP contribution in [0.5, 0.6) is 0 Å². The Bertz CT molecular complexity index is 102. The molecule has 0 bridgehead atoms. The maximum atomic E-state index is 5.70. The second-order valence-electron chi connectivity index (χ2n) is 4.04. The van der Waals surface area contributed by atoms with Crippen LogP contribution in [0.3, 0.4) is 0 Å². The molecular weight excluding hydrogens is 140 g/mol. The first-order chi connectivity index (χ1) is 4.64. The third-order valence-electron chi connectivity index (χ3n) is 2.31. The maximum Gasteiger partial charge on any atom is 0.0777 e. The zero-order valence-electron chi connectivity index (χ0n) is 7.31. The van der Waals surface area contributed by atoms with Crippen LogP contribution < -0.4 is 0 Å². The highest BCUT2D eigenvalue weighted by atomic mass is 28.3. The summed E-state index contributed by atoms with van der Waals surface area (Å²) >= 11 is 0. The first-order valence-corrected chi connectivity index (χ1v) is 7.67. The Morgan fingerprint density at radius 1 is 1.50 bits per heavy atom. The fraction of sp³-hybridized carbons (Fsp3) is 1.00. The van der Waals surface area contributed by atoms with Gasteiger partial charge in [0.2, 0.25) is 0 Å². The van der Waals surface area contributed by atoms with Gasteiger partial charge in [-0.15, -0.1) is 0 Å². The highest BCUT2D eigenvalue weighted by Crippen LogP contribution is 2.23. The van der Waals surface area contributed by atoms with Crippen molar-refractivity contribution in [3.63, 3.8) is 0 Å². The molecule has 1 aliphatic heterocycles. The second-order valence-corrected chi connectivity index (χ2v) is 9.16. The van der Waals surface area contributed by atoms with Crippen molar-refractivity contribution in [3.05, 3.63) is 0 Å². The normalized spacial score (nSPS) is 32.1. The summed E-state index contributed by atoms with van der Waals surface area (Å²) in [6.07, 6.45) is 4.19. The molecule has 0 amide bonds. The van der Waals surface area contributed by atoms with Crippen LogP contribution in [-0.2, 0) is 4.74 Å². The molecule has 1 aliphatic rings. The van der Waals surface area contributed by atoms with Crippen LogP contribution in [0.15, 0.2) is 0 Å². The summed E-state index contributed by atoms with van der Waals surface area (Å²) < 4.78 is 5.70. The van der Waals surface area contributed by atoms with Crippen LogP contribution >= 0.6 is 0 Å². The molecule has 0 aliphatic carbocycles. The fourth-order valence-electron chi connectivity index (χ4n) is 1.37. The lowest BCUT2D eigenvalue weighted by atomic mass is 10.2. The quantitative estimate of drug-likeness (QED) is 0.533. The van der Waals surface area contributed by atoms with Gasteiger partial charge in [-0.2, -0.15) is 0 Å². The molecule has 1 atom stereocenters. The van der Waals surface area contributed by atoms with E-state index in [0.29, 0.717) is 6.10 Å². The van der Waals surface area contributed by atoms with Crippen LogP contribution in [0, 0.1) is 0 Å². The predicted octanol–water partition coefficient (Wildman–Crippen LogP) is 2.43. The van der Waals surface area contributed by atoms with Crippen molar-refractivity contribution in [1.29, 1.82) is 0 Å². The van der Waals surface area contributed by atoms with E-state index in [9.17, 15) is 0 Å². The molecule has 0 N–H and O–H groups in total. The molecule has 1 rings (SSSR count). The van der Waals surface area contributed by atoms with Gasteiger partial charge in [-0.3, -0.25) is 0 Å². The smallest absolute Gasteiger partial charge is 0.0777 e. The second kappa shape index (κ2) is 3.05. The van der Waals surface area contributed by atoms with E-state index in [4.69, 9.17) is 4.74 Å². The number of ether oxygens (including phenoxy) is 1. The number of rotatable bonds is 1. The molecule has 0 aromatic carbocycles. The summed E-state index contributed by atoms with van der Waals surface area (Å²) in [5, 5.41) is 0. The van der Waals surface area contributed by atoms with Crippen molar-refractivity contribution in [2.75, 3.05) is 6.23 Å². The summed E-state index contributed by atoms with van der Waals surface area (Å²) in [6.45, 7) is 7.04. The van der Waals surface area contributed by atoms with Crippen molar-refractivity contribution in [2.24, 2.45) is 0 Å². The molecule has 1 fully saturated rings. The average molecular weight is 158 g/mol. The minimum atomic E-state index is -0.871. The highest BCUT2D eigenvalue weighted by Gasteiger charge is 2.28. The zero-order valence-corrected chi connectivity index (χ0v) is 8.31. The van der Waals surface area contributed by atoms with Gasteiger partial charge in [0.15, 0.2) is 0 Å². The predicted molar refractivity (Wildman–Crippen MR) is 46.9 cm³/mol. The SMILES string of the molecule is CCC1CC[Si](C)(C)CO1. The van der Waals surface area contributed by atoms with Gasteiger partial charge in [0.05, 0.1) is 14.2 Å². The topological polar surface area (TPSA) is 9.23 Å². The third-order valence-corrected chi connectivity index (χ3v) is 4.90. The molecule has 1 unspecified atom stereocenters. The Labute approximate surface area is 64.8 Å². The Morgan fingerprint density at radius 3 is 2.60 bits per heavy atom. The van der Waals surface area contributed by atoms with Crippen LogP contribution in [-0.4, -0.2) is 20.4 Å². The van der Waals surface area contributed by atoms with E-state index in [1.807, 2.05) is 0 Å². The van der Waals surface area contributed by atoms with Gasteiger partial charge in [-0.05, 0) is 12.8 Å². The van der Waals surface area contributed by atoms with Gasteiger partial charge in [0, 0.05) is 6.23 Å². The van der Waals surface area contributed by atoms with E-state index < -0.39 is 8.07 Å². The lowest BCUT2D eigenvalue weighted by Crippen LogP contribution is -2.40. The molecule has 0 radical (unpaired) electrons. The van der Waals surface area contributed by atoms with Crippen molar-refractivity contribution in [3.8, 4) is 0 Å². The molecular formula is C8H18OSi. The first-order valence-electron chi connectivity index (χ1n) is 4.26. The number of hydrogen-bond acceptors (Lipinski definition) is 1. The molecule has 0 aromatic rings. The van der Waals surface area contributed by atoms with Gasteiger partial charge in [-0.1, -0.05) is 26.1 Å². The van der Waals surface area contributed by atoms with Crippen molar-refractivity contribution in [1.82, 2.24) is 0 Å². The highest BCUT2D eigenvalue weighted by molar-refractivity contribution is 6.77. The lowest BCUT2D eigenvalue weighted by molar-refractivity contribution is 0.0649. The molecule has 0 aromatic heterocycles. The maximum absolute atomic E-state index is 5.70. The summed E-state index contributed by atoms with van der Waals surface area (Å²) in [5.41, 5.74) is 0. The van der Waals surface area contributed by atoms with E-state index in [-0.39, 0.29) is 0 Å². The molecule has 0 saturated carbocycles. The molecule has 1 heterocycles. The van der Waals surface area contributed by atoms with Crippen molar-refractivity contribution >= 4 is 8.07 Å². The van der Waals surface area contributed by atoms with Gasteiger partial charge >= 0.3 is 0 Å². The molecule has 10 heavy (non-hydrogen) atoms. The Kier molecular flexibility index (Phi) is 2.53. The average Bonchev–Trinajstić information content (AvgIpc) is 1.88. The van der Waals surface area contributed by atoms with E-state index in [0.717, 1.165) is 6.23 Å². The van der Waals surface area contributed by atoms with E-state index in [1.165, 1.54) is 18.9 Å². The summed E-state index contributed by atoms with van der Waals surface area (Å²) in [6, 6.07) is 1.46. The van der Waals surface area contributed by atoms with Crippen LogP contribution in [0.1, 0.15) is 19.8 Å². The third kappa shape index (κ3) is 2.10. The van der Waals surface area contributed by atoms with Crippen molar-refractivity contribution < 1.29 is 4.74 Å². The molecule has 2 heteroatoms. The summed E-state index contributed by atoms with van der Waals surface area (Å²) in [7, 11) is -0.871. The van der Waals surface area contributed by atoms with Crippen LogP contribution in [0.25, 0.3) is 0 Å². The minimum absolute atomic E-state index is 0.584. The van der Waals surface area contributed by atoms with E-state index in [1.54, 1.807) is 0 Å². The number of hydrogen-bond donors (Lipinski definition) is 0. The van der Waals surface area contributed by atoms with Gasteiger partial charge in [0.1, 0.15) is 0 Å². The first kappa shape index (κ1) is 8.28. The molecule has 1 nitrogen and oxygen atoms in total. The fourth-order valence-corrected chi connectivity index (χ4v) is 3.31. The zero-order chi connectivity index (χ0) is 7.61. The Morgan fingerprint density at radius 2 is 2.20 bits per heavy atom. The van der Waals surface area contributed by atoms with Crippen molar-refractivity contribution in [2.45, 2.75) is 45.0 Å². The van der Waals surface area contributed by atoms with Crippen LogP contribution in [0.4, 0.5) is 0 Å². The van der Waals surface area contributed by atoms with E-state index in [2.05, 4.69) is 20.0 Å². The van der Waals surface area contributed by atoms with E-state index >= 15 is 0 Å². The minimum Gasteiger partial charge on any atom is -0.382 e. The molecule has 0 spiro atoms. The largest absolute Gasteiger partial charge is 0.382 e. The molecule has 60 valence electrons. The molecule has 1 saturated heterocycles.